The molecule has 0 amide bonds. The highest BCUT2D eigenvalue weighted by molar-refractivity contribution is 5.85. The number of aromatic nitrogens is 2. The summed E-state index contributed by atoms with van der Waals surface area (Å²) in [6.45, 7) is 6.76. The van der Waals surface area contributed by atoms with Gasteiger partial charge in [0.2, 0.25) is 0 Å². The number of nitrogens with zero attached hydrogens (tertiary/aromatic N) is 2. The molecule has 0 atom stereocenters. The van der Waals surface area contributed by atoms with Crippen LogP contribution in [0.15, 0.2) is 115 Å². The Labute approximate surface area is 207 Å². The topological polar surface area (TPSA) is 25.8 Å². The maximum absolute atomic E-state index is 5.32. The zero-order valence-corrected chi connectivity index (χ0v) is 20.4. The minimum Gasteiger partial charge on any atom is -0.260 e. The third-order valence-corrected chi connectivity index (χ3v) is 7.17. The van der Waals surface area contributed by atoms with Gasteiger partial charge in [-0.1, -0.05) is 106 Å². The first-order chi connectivity index (χ1) is 17.0. The Bertz CT molecular complexity index is 1480. The van der Waals surface area contributed by atoms with E-state index in [4.69, 9.17) is 9.97 Å². The first-order valence-corrected chi connectivity index (χ1v) is 12.2. The zero-order chi connectivity index (χ0) is 24.0. The SMILES string of the molecule is CC(C)(C)c1ccnc(C2(c3cccc(-c4ccccc4)n3)c3ccccc3-c3ccccc32)c1. The summed E-state index contributed by atoms with van der Waals surface area (Å²) in [5.74, 6) is 0. The predicted molar refractivity (Wildman–Crippen MR) is 143 cm³/mol. The van der Waals surface area contributed by atoms with E-state index in [1.165, 1.54) is 27.8 Å². The van der Waals surface area contributed by atoms with Gasteiger partial charge in [0.15, 0.2) is 0 Å². The summed E-state index contributed by atoms with van der Waals surface area (Å²) < 4.78 is 0. The van der Waals surface area contributed by atoms with Crippen molar-refractivity contribution in [2.75, 3.05) is 0 Å². The lowest BCUT2D eigenvalue weighted by Crippen LogP contribution is -2.31. The number of rotatable bonds is 3. The Kier molecular flexibility index (Phi) is 4.93. The van der Waals surface area contributed by atoms with Gasteiger partial charge in [0.05, 0.1) is 17.1 Å². The molecule has 2 aromatic heterocycles. The molecule has 0 aliphatic heterocycles. The molecule has 0 N–H and O–H groups in total. The molecule has 0 bridgehead atoms. The molecule has 3 aromatic carbocycles. The standard InChI is InChI=1S/C33H28N2/c1-32(2,3)24-20-21-34-31(22-24)33(30-19-11-18-29(35-30)23-12-5-4-6-13-23)27-16-9-7-14-25(27)26-15-8-10-17-28(26)33/h4-22H,1-3H3. The van der Waals surface area contributed by atoms with Crippen LogP contribution in [0.1, 0.15) is 48.8 Å². The van der Waals surface area contributed by atoms with Crippen molar-refractivity contribution < 1.29 is 0 Å². The molecular formula is C33H28N2. The Morgan fingerprint density at radius 3 is 1.89 bits per heavy atom. The van der Waals surface area contributed by atoms with Crippen LogP contribution in [-0.4, -0.2) is 9.97 Å². The predicted octanol–water partition coefficient (Wildman–Crippen LogP) is 7.80. The summed E-state index contributed by atoms with van der Waals surface area (Å²) in [4.78, 5) is 10.4. The average Bonchev–Trinajstić information content (AvgIpc) is 3.20. The molecule has 0 radical (unpaired) electrons. The molecule has 0 fully saturated rings. The van der Waals surface area contributed by atoms with Crippen molar-refractivity contribution in [2.45, 2.75) is 31.6 Å². The van der Waals surface area contributed by atoms with Crippen molar-refractivity contribution >= 4 is 0 Å². The molecule has 1 aliphatic rings. The molecule has 35 heavy (non-hydrogen) atoms. The van der Waals surface area contributed by atoms with Gasteiger partial charge >= 0.3 is 0 Å². The van der Waals surface area contributed by atoms with Crippen LogP contribution in [0.25, 0.3) is 22.4 Å². The van der Waals surface area contributed by atoms with Crippen LogP contribution in [0.5, 0.6) is 0 Å². The summed E-state index contributed by atoms with van der Waals surface area (Å²) in [5.41, 5.74) is 9.73. The van der Waals surface area contributed by atoms with Crippen molar-refractivity contribution in [3.63, 3.8) is 0 Å². The first-order valence-electron chi connectivity index (χ1n) is 12.2. The van der Waals surface area contributed by atoms with E-state index in [1.807, 2.05) is 12.3 Å². The minimum atomic E-state index is -0.598. The highest BCUT2D eigenvalue weighted by Crippen LogP contribution is 2.55. The zero-order valence-electron chi connectivity index (χ0n) is 20.4. The van der Waals surface area contributed by atoms with Gasteiger partial charge in [0.25, 0.3) is 0 Å². The lowest BCUT2D eigenvalue weighted by atomic mass is 9.71. The molecular weight excluding hydrogens is 424 g/mol. The van der Waals surface area contributed by atoms with Gasteiger partial charge in [-0.15, -0.1) is 0 Å². The fourth-order valence-electron chi connectivity index (χ4n) is 5.43. The van der Waals surface area contributed by atoms with Crippen LogP contribution in [0.2, 0.25) is 0 Å². The maximum atomic E-state index is 5.32. The van der Waals surface area contributed by atoms with Gasteiger partial charge in [-0.2, -0.15) is 0 Å². The van der Waals surface area contributed by atoms with E-state index in [-0.39, 0.29) is 5.41 Å². The maximum Gasteiger partial charge on any atom is 0.106 e. The Hall–Kier alpha value is -4.04. The molecule has 2 nitrogen and oxygen atoms in total. The second kappa shape index (κ2) is 8.02. The summed E-state index contributed by atoms with van der Waals surface area (Å²) >= 11 is 0. The Morgan fingerprint density at radius 1 is 0.600 bits per heavy atom. The molecule has 2 heteroatoms. The number of fused-ring (bicyclic) bond motifs is 3. The molecule has 6 rings (SSSR count). The van der Waals surface area contributed by atoms with E-state index in [9.17, 15) is 0 Å². The highest BCUT2D eigenvalue weighted by Gasteiger charge is 2.48. The van der Waals surface area contributed by atoms with Gasteiger partial charge < -0.3 is 0 Å². The smallest absolute Gasteiger partial charge is 0.106 e. The van der Waals surface area contributed by atoms with Crippen LogP contribution < -0.4 is 0 Å². The first kappa shape index (κ1) is 21.5. The fourth-order valence-corrected chi connectivity index (χ4v) is 5.43. The summed E-state index contributed by atoms with van der Waals surface area (Å²) in [7, 11) is 0. The van der Waals surface area contributed by atoms with Crippen LogP contribution in [0, 0.1) is 0 Å². The molecule has 0 saturated carbocycles. The molecule has 0 spiro atoms. The lowest BCUT2D eigenvalue weighted by Gasteiger charge is -2.33. The molecule has 1 aliphatic carbocycles. The van der Waals surface area contributed by atoms with E-state index < -0.39 is 5.41 Å². The van der Waals surface area contributed by atoms with Crippen LogP contribution >= 0.6 is 0 Å². The second-order valence-electron chi connectivity index (χ2n) is 10.3. The van der Waals surface area contributed by atoms with Gasteiger partial charge in [-0.3, -0.25) is 9.97 Å². The third-order valence-electron chi connectivity index (χ3n) is 7.17. The van der Waals surface area contributed by atoms with Crippen molar-refractivity contribution in [3.8, 4) is 22.4 Å². The minimum absolute atomic E-state index is 0.00976. The van der Waals surface area contributed by atoms with Crippen LogP contribution in [0.3, 0.4) is 0 Å². The molecule has 2 heterocycles. The van der Waals surface area contributed by atoms with E-state index >= 15 is 0 Å². The van der Waals surface area contributed by atoms with E-state index in [0.717, 1.165) is 22.6 Å². The van der Waals surface area contributed by atoms with E-state index in [2.05, 4.69) is 124 Å². The fraction of sp³-hybridized carbons (Fsp3) is 0.152. The van der Waals surface area contributed by atoms with Crippen molar-refractivity contribution in [1.29, 1.82) is 0 Å². The number of hydrogen-bond donors (Lipinski definition) is 0. The normalized spacial score (nSPS) is 13.8. The van der Waals surface area contributed by atoms with Gasteiger partial charge in [-0.25, -0.2) is 0 Å². The van der Waals surface area contributed by atoms with Gasteiger partial charge in [0.1, 0.15) is 5.41 Å². The Morgan fingerprint density at radius 2 is 1.23 bits per heavy atom. The quantitative estimate of drug-likeness (QED) is 0.274. The molecule has 0 unspecified atom stereocenters. The third kappa shape index (κ3) is 3.32. The molecule has 170 valence electrons. The summed E-state index contributed by atoms with van der Waals surface area (Å²) in [5, 5.41) is 0. The second-order valence-corrected chi connectivity index (χ2v) is 10.3. The lowest BCUT2D eigenvalue weighted by molar-refractivity contribution is 0.584. The molecule has 5 aromatic rings. The van der Waals surface area contributed by atoms with Crippen molar-refractivity contribution in [2.24, 2.45) is 0 Å². The monoisotopic (exact) mass is 452 g/mol. The number of hydrogen-bond acceptors (Lipinski definition) is 2. The Balaban J connectivity index is 1.72. The number of benzene rings is 3. The van der Waals surface area contributed by atoms with E-state index in [0.29, 0.717) is 0 Å². The van der Waals surface area contributed by atoms with Crippen molar-refractivity contribution in [1.82, 2.24) is 9.97 Å². The highest BCUT2D eigenvalue weighted by atomic mass is 14.8. The number of pyridine rings is 2. The molecule has 0 saturated heterocycles. The van der Waals surface area contributed by atoms with Crippen LogP contribution in [0.4, 0.5) is 0 Å². The van der Waals surface area contributed by atoms with Crippen molar-refractivity contribution in [3.05, 3.63) is 143 Å². The van der Waals surface area contributed by atoms with Gasteiger partial charge in [-0.05, 0) is 57.5 Å². The van der Waals surface area contributed by atoms with E-state index in [1.54, 1.807) is 0 Å². The van der Waals surface area contributed by atoms with Gasteiger partial charge in [0, 0.05) is 11.8 Å². The average molecular weight is 453 g/mol. The summed E-state index contributed by atoms with van der Waals surface area (Å²) in [6, 6.07) is 38.7. The van der Waals surface area contributed by atoms with Crippen LogP contribution in [-0.2, 0) is 10.8 Å². The summed E-state index contributed by atoms with van der Waals surface area (Å²) in [6.07, 6.45) is 1.96. The largest absolute Gasteiger partial charge is 0.260 e.